The molecule has 2 aliphatic rings. The summed E-state index contributed by atoms with van der Waals surface area (Å²) in [6, 6.07) is 4.01. The van der Waals surface area contributed by atoms with Crippen molar-refractivity contribution in [2.24, 2.45) is 7.05 Å². The van der Waals surface area contributed by atoms with Crippen molar-refractivity contribution in [3.05, 3.63) is 46.8 Å². The van der Waals surface area contributed by atoms with Crippen LogP contribution in [0.1, 0.15) is 35.0 Å². The molecule has 138 valence electrons. The Balaban J connectivity index is 1.45. The van der Waals surface area contributed by atoms with E-state index in [2.05, 4.69) is 23.6 Å². The number of hydrogen-bond acceptors (Lipinski definition) is 5. The summed E-state index contributed by atoms with van der Waals surface area (Å²) in [6.45, 7) is 3.22. The van der Waals surface area contributed by atoms with Crippen molar-refractivity contribution in [3.63, 3.8) is 0 Å². The van der Waals surface area contributed by atoms with E-state index in [4.69, 9.17) is 24.4 Å². The molecule has 5 rings (SSSR count). The fourth-order valence-corrected chi connectivity index (χ4v) is 3.90. The monoisotopic (exact) mass is 362 g/mol. The van der Waals surface area contributed by atoms with E-state index in [0.717, 1.165) is 65.6 Å². The number of ether oxygens (including phenoxy) is 2. The predicted octanol–water partition coefficient (Wildman–Crippen LogP) is 3.19. The van der Waals surface area contributed by atoms with E-state index in [1.54, 1.807) is 0 Å². The van der Waals surface area contributed by atoms with Gasteiger partial charge in [-0.2, -0.15) is 0 Å². The van der Waals surface area contributed by atoms with Crippen LogP contribution in [0, 0.1) is 6.92 Å². The number of benzene rings is 1. The van der Waals surface area contributed by atoms with Crippen molar-refractivity contribution in [3.8, 4) is 11.5 Å². The first-order chi connectivity index (χ1) is 13.2. The largest absolute Gasteiger partial charge is 0.486 e. The van der Waals surface area contributed by atoms with Gasteiger partial charge in [0.1, 0.15) is 30.4 Å². The van der Waals surface area contributed by atoms with Crippen molar-refractivity contribution in [2.45, 2.75) is 32.6 Å². The van der Waals surface area contributed by atoms with Crippen LogP contribution in [0.3, 0.4) is 0 Å². The summed E-state index contributed by atoms with van der Waals surface area (Å²) in [7, 11) is 2.05. The Morgan fingerprint density at radius 2 is 1.96 bits per heavy atom. The maximum atomic E-state index is 5.81. The lowest BCUT2D eigenvalue weighted by atomic mass is 10.0. The normalized spacial score (nSPS) is 15.2. The zero-order valence-electron chi connectivity index (χ0n) is 15.7. The van der Waals surface area contributed by atoms with Gasteiger partial charge in [-0.3, -0.25) is 0 Å². The number of rotatable bonds is 3. The topological polar surface area (TPSA) is 62.1 Å². The molecule has 0 unspecified atom stereocenters. The average Bonchev–Trinajstić information content (AvgIpc) is 3.03. The highest BCUT2D eigenvalue weighted by Crippen LogP contribution is 2.37. The third-order valence-electron chi connectivity index (χ3n) is 5.32. The minimum atomic E-state index is 0.564. The first kappa shape index (κ1) is 16.3. The molecule has 0 saturated carbocycles. The molecule has 0 saturated heterocycles. The summed E-state index contributed by atoms with van der Waals surface area (Å²) >= 11 is 0. The van der Waals surface area contributed by atoms with Crippen LogP contribution in [0.2, 0.25) is 0 Å². The summed E-state index contributed by atoms with van der Waals surface area (Å²) in [4.78, 5) is 14.4. The van der Waals surface area contributed by atoms with E-state index in [0.29, 0.717) is 13.2 Å². The van der Waals surface area contributed by atoms with Crippen molar-refractivity contribution >= 4 is 17.1 Å². The van der Waals surface area contributed by atoms with E-state index >= 15 is 0 Å². The highest BCUT2D eigenvalue weighted by atomic mass is 16.6. The first-order valence-corrected chi connectivity index (χ1v) is 9.47. The second-order valence-corrected chi connectivity index (χ2v) is 7.07. The molecule has 1 aromatic carbocycles. The minimum Gasteiger partial charge on any atom is -0.486 e. The molecular formula is C21H22N4O2. The molecule has 0 radical (unpaired) electrons. The molecule has 0 bridgehead atoms. The average molecular weight is 362 g/mol. The van der Waals surface area contributed by atoms with E-state index in [9.17, 15) is 0 Å². The summed E-state index contributed by atoms with van der Waals surface area (Å²) < 4.78 is 13.6. The van der Waals surface area contributed by atoms with Gasteiger partial charge in [0, 0.05) is 31.1 Å². The Hall–Kier alpha value is -2.89. The molecule has 2 aromatic heterocycles. The molecule has 6 heteroatoms. The highest BCUT2D eigenvalue weighted by molar-refractivity contribution is 5.85. The maximum absolute atomic E-state index is 5.81. The first-order valence-electron chi connectivity index (χ1n) is 9.47. The number of nitrogens with zero attached hydrogens (tertiary/aromatic N) is 4. The predicted molar refractivity (Wildman–Crippen MR) is 103 cm³/mol. The molecule has 0 fully saturated rings. The van der Waals surface area contributed by atoms with E-state index in [1.165, 1.54) is 11.3 Å². The van der Waals surface area contributed by atoms with E-state index < -0.39 is 0 Å². The number of aromatic nitrogens is 4. The highest BCUT2D eigenvalue weighted by Gasteiger charge is 2.20. The molecule has 0 spiro atoms. The Kier molecular flexibility index (Phi) is 3.85. The lowest BCUT2D eigenvalue weighted by molar-refractivity contribution is 0.173. The lowest BCUT2D eigenvalue weighted by Crippen LogP contribution is -2.15. The summed E-state index contributed by atoms with van der Waals surface area (Å²) in [5.41, 5.74) is 5.36. The summed E-state index contributed by atoms with van der Waals surface area (Å²) in [6.07, 6.45) is 7.96. The van der Waals surface area contributed by atoms with Crippen LogP contribution in [0.25, 0.3) is 17.1 Å². The number of fused-ring (bicyclic) bond motifs is 4. The van der Waals surface area contributed by atoms with Crippen LogP contribution >= 0.6 is 0 Å². The molecular weight excluding hydrogens is 340 g/mol. The summed E-state index contributed by atoms with van der Waals surface area (Å²) in [5.74, 6) is 3.44. The van der Waals surface area contributed by atoms with Gasteiger partial charge in [-0.15, -0.1) is 0 Å². The molecule has 27 heavy (non-hydrogen) atoms. The molecule has 1 aliphatic carbocycles. The van der Waals surface area contributed by atoms with Crippen LogP contribution in [-0.2, 0) is 26.3 Å². The molecule has 6 nitrogen and oxygen atoms in total. The second kappa shape index (κ2) is 6.37. The standard InChI is InChI=1S/C21H22N4O2/c1-13-14-5-3-4-6-15(14)23-18(22-13)9-10-19-24-20-16(25(19)2)7-8-17-21(20)27-12-11-26-17/h3,5,7-8H,4,6,9-12H2,1-2H3. The van der Waals surface area contributed by atoms with Crippen molar-refractivity contribution in [2.75, 3.05) is 13.2 Å². The van der Waals surface area contributed by atoms with E-state index in [1.807, 2.05) is 19.2 Å². The third kappa shape index (κ3) is 2.76. The van der Waals surface area contributed by atoms with Crippen LogP contribution in [0.5, 0.6) is 11.5 Å². The number of imidazole rings is 1. The fourth-order valence-electron chi connectivity index (χ4n) is 3.90. The Morgan fingerprint density at radius 1 is 1.07 bits per heavy atom. The molecule has 3 heterocycles. The van der Waals surface area contributed by atoms with Crippen LogP contribution in [0.4, 0.5) is 0 Å². The molecule has 3 aromatic rings. The van der Waals surface area contributed by atoms with Gasteiger partial charge in [0.15, 0.2) is 11.5 Å². The second-order valence-electron chi connectivity index (χ2n) is 7.07. The van der Waals surface area contributed by atoms with Crippen LogP contribution in [-0.4, -0.2) is 32.7 Å². The van der Waals surface area contributed by atoms with E-state index in [-0.39, 0.29) is 0 Å². The number of allylic oxidation sites excluding steroid dienone is 1. The molecule has 0 atom stereocenters. The van der Waals surface area contributed by atoms with Crippen LogP contribution < -0.4 is 9.47 Å². The quantitative estimate of drug-likeness (QED) is 0.716. The van der Waals surface area contributed by atoms with Crippen molar-refractivity contribution in [1.29, 1.82) is 0 Å². The number of hydrogen-bond donors (Lipinski definition) is 0. The Bertz CT molecular complexity index is 1070. The smallest absolute Gasteiger partial charge is 0.189 e. The third-order valence-corrected chi connectivity index (χ3v) is 5.32. The van der Waals surface area contributed by atoms with Gasteiger partial charge in [-0.05, 0) is 31.9 Å². The lowest BCUT2D eigenvalue weighted by Gasteiger charge is -2.18. The zero-order chi connectivity index (χ0) is 18.4. The zero-order valence-corrected chi connectivity index (χ0v) is 15.7. The van der Waals surface area contributed by atoms with Crippen molar-refractivity contribution < 1.29 is 9.47 Å². The molecule has 0 amide bonds. The van der Waals surface area contributed by atoms with Gasteiger partial charge in [-0.25, -0.2) is 15.0 Å². The fraction of sp³-hybridized carbons (Fsp3) is 0.381. The van der Waals surface area contributed by atoms with Gasteiger partial charge in [-0.1, -0.05) is 12.2 Å². The molecule has 0 N–H and O–H groups in total. The minimum absolute atomic E-state index is 0.564. The molecule has 1 aliphatic heterocycles. The van der Waals surface area contributed by atoms with Gasteiger partial charge >= 0.3 is 0 Å². The van der Waals surface area contributed by atoms with Crippen LogP contribution in [0.15, 0.2) is 18.2 Å². The summed E-state index contributed by atoms with van der Waals surface area (Å²) in [5, 5.41) is 0. The Labute approximate surface area is 157 Å². The maximum Gasteiger partial charge on any atom is 0.189 e. The SMILES string of the molecule is Cc1nc(CCc2nc3c4c(ccc3n2C)OCCO4)nc2c1C=CCC2. The van der Waals surface area contributed by atoms with Gasteiger partial charge in [0.2, 0.25) is 0 Å². The van der Waals surface area contributed by atoms with Gasteiger partial charge in [0.05, 0.1) is 11.2 Å². The van der Waals surface area contributed by atoms with Crippen molar-refractivity contribution in [1.82, 2.24) is 19.5 Å². The van der Waals surface area contributed by atoms with Gasteiger partial charge < -0.3 is 14.0 Å². The number of aryl methyl sites for hydroxylation is 5. The van der Waals surface area contributed by atoms with Gasteiger partial charge in [0.25, 0.3) is 0 Å². The Morgan fingerprint density at radius 3 is 2.89 bits per heavy atom.